The maximum Gasteiger partial charge on any atom is 0.274 e. The zero-order valence-corrected chi connectivity index (χ0v) is 14.9. The molecule has 1 saturated heterocycles. The molecule has 0 atom stereocenters. The van der Waals surface area contributed by atoms with E-state index in [0.29, 0.717) is 23.4 Å². The summed E-state index contributed by atoms with van der Waals surface area (Å²) in [6.45, 7) is 4.11. The third kappa shape index (κ3) is 2.49. The second kappa shape index (κ2) is 6.37. The smallest absolute Gasteiger partial charge is 0.274 e. The van der Waals surface area contributed by atoms with Crippen LogP contribution in [0.1, 0.15) is 23.7 Å². The number of pyridine rings is 1. The lowest BCUT2D eigenvalue weighted by molar-refractivity contribution is 0.0652. The summed E-state index contributed by atoms with van der Waals surface area (Å²) in [6.07, 6.45) is 4.66. The molecule has 1 aliphatic rings. The maximum atomic E-state index is 12.6. The second-order valence-corrected chi connectivity index (χ2v) is 6.46. The summed E-state index contributed by atoms with van der Waals surface area (Å²) in [5.41, 5.74) is 2.83. The van der Waals surface area contributed by atoms with Crippen molar-refractivity contribution in [3.63, 3.8) is 0 Å². The van der Waals surface area contributed by atoms with E-state index in [1.54, 1.807) is 23.9 Å². The van der Waals surface area contributed by atoms with Gasteiger partial charge in [0.2, 0.25) is 0 Å². The van der Waals surface area contributed by atoms with Crippen molar-refractivity contribution >= 4 is 16.8 Å². The lowest BCUT2D eigenvalue weighted by atomic mass is 9.99. The van der Waals surface area contributed by atoms with Crippen molar-refractivity contribution in [3.8, 4) is 16.9 Å². The van der Waals surface area contributed by atoms with Gasteiger partial charge in [-0.15, -0.1) is 0 Å². The highest BCUT2D eigenvalue weighted by atomic mass is 16.5. The number of nitrogens with one attached hydrogen (secondary N) is 1. The van der Waals surface area contributed by atoms with Gasteiger partial charge in [-0.3, -0.25) is 9.59 Å². The van der Waals surface area contributed by atoms with Crippen molar-refractivity contribution in [2.24, 2.45) is 0 Å². The zero-order valence-electron chi connectivity index (χ0n) is 14.9. The second-order valence-electron chi connectivity index (χ2n) is 6.46. The number of ether oxygens (including phenoxy) is 1. The number of hydrogen-bond acceptors (Lipinski definition) is 3. The Morgan fingerprint density at radius 2 is 2.04 bits per heavy atom. The quantitative estimate of drug-likeness (QED) is 0.786. The van der Waals surface area contributed by atoms with Crippen LogP contribution in [-0.4, -0.2) is 40.6 Å². The van der Waals surface area contributed by atoms with Crippen LogP contribution in [0.25, 0.3) is 22.0 Å². The molecule has 0 bridgehead atoms. The highest BCUT2D eigenvalue weighted by Gasteiger charge is 2.23. The third-order valence-corrected chi connectivity index (χ3v) is 5.02. The Kier molecular flexibility index (Phi) is 4.03. The van der Waals surface area contributed by atoms with E-state index in [4.69, 9.17) is 4.74 Å². The minimum atomic E-state index is -0.0528. The Labute approximate surface area is 151 Å². The monoisotopic (exact) mass is 351 g/mol. The maximum absolute atomic E-state index is 12.6. The Bertz CT molecular complexity index is 1040. The zero-order chi connectivity index (χ0) is 18.3. The van der Waals surface area contributed by atoms with Gasteiger partial charge in [-0.05, 0) is 37.6 Å². The van der Waals surface area contributed by atoms with E-state index >= 15 is 0 Å². The number of methoxy groups -OCH3 is 1. The van der Waals surface area contributed by atoms with Gasteiger partial charge in [0.15, 0.2) is 0 Å². The fourth-order valence-electron chi connectivity index (χ4n) is 3.40. The summed E-state index contributed by atoms with van der Waals surface area (Å²) < 4.78 is 7.21. The molecule has 1 aromatic carbocycles. The normalized spacial score (nSPS) is 13.7. The summed E-state index contributed by atoms with van der Waals surface area (Å²) in [6, 6.07) is 7.37. The minimum Gasteiger partial charge on any atom is -0.496 e. The lowest BCUT2D eigenvalue weighted by Crippen LogP contribution is -2.42. The van der Waals surface area contributed by atoms with Gasteiger partial charge in [0.1, 0.15) is 11.3 Å². The Morgan fingerprint density at radius 1 is 1.23 bits per heavy atom. The van der Waals surface area contributed by atoms with Crippen LogP contribution in [0.3, 0.4) is 0 Å². The molecule has 0 radical (unpaired) electrons. The predicted octanol–water partition coefficient (Wildman–Crippen LogP) is 2.87. The molecule has 3 heterocycles. The summed E-state index contributed by atoms with van der Waals surface area (Å²) in [5.74, 6) is 0.711. The molecule has 4 rings (SSSR count). The third-order valence-electron chi connectivity index (χ3n) is 5.02. The number of hydrogen-bond donors (Lipinski definition) is 1. The largest absolute Gasteiger partial charge is 0.496 e. The van der Waals surface area contributed by atoms with Gasteiger partial charge in [-0.25, -0.2) is 0 Å². The van der Waals surface area contributed by atoms with E-state index in [1.807, 2.05) is 36.2 Å². The van der Waals surface area contributed by atoms with Crippen LogP contribution in [0.15, 0.2) is 41.5 Å². The number of aryl methyl sites for hydroxylation is 1. The molecule has 1 amide bonds. The average molecular weight is 351 g/mol. The van der Waals surface area contributed by atoms with Crippen molar-refractivity contribution < 1.29 is 9.53 Å². The molecule has 0 spiro atoms. The molecule has 1 N–H and O–H groups in total. The number of amides is 1. The standard InChI is InChI=1S/C20H21N3O3/c1-3-22-12-16(14-7-8-21-18(14)20(22)25)15-11-13(5-6-17(15)26-2)19(24)23-9-4-10-23/h5-8,11-12,21H,3-4,9-10H2,1-2H3. The Hall–Kier alpha value is -3.02. The van der Waals surface area contributed by atoms with Gasteiger partial charge >= 0.3 is 0 Å². The number of aromatic amines is 1. The number of benzene rings is 1. The first kappa shape index (κ1) is 16.4. The van der Waals surface area contributed by atoms with Crippen LogP contribution >= 0.6 is 0 Å². The van der Waals surface area contributed by atoms with Gasteiger partial charge in [0.25, 0.3) is 11.5 Å². The molecule has 0 aliphatic carbocycles. The fourth-order valence-corrected chi connectivity index (χ4v) is 3.40. The number of rotatable bonds is 4. The molecule has 1 aliphatic heterocycles. The molecule has 134 valence electrons. The van der Waals surface area contributed by atoms with Crippen molar-refractivity contribution in [2.75, 3.05) is 20.2 Å². The van der Waals surface area contributed by atoms with Crippen LogP contribution in [0.2, 0.25) is 0 Å². The topological polar surface area (TPSA) is 67.3 Å². The SMILES string of the molecule is CCn1cc(-c2cc(C(=O)N3CCC3)ccc2OC)c2cc[nH]c2c1=O. The first-order valence-electron chi connectivity index (χ1n) is 8.82. The number of nitrogens with zero attached hydrogens (tertiary/aromatic N) is 2. The number of carbonyl (C=O) groups excluding carboxylic acids is 1. The van der Waals surface area contributed by atoms with E-state index in [0.717, 1.165) is 36.0 Å². The molecule has 0 unspecified atom stereocenters. The van der Waals surface area contributed by atoms with Gasteiger partial charge in [0, 0.05) is 54.1 Å². The van der Waals surface area contributed by atoms with Crippen molar-refractivity contribution in [3.05, 3.63) is 52.6 Å². The number of likely N-dealkylation sites (tertiary alicyclic amines) is 1. The molecular formula is C20H21N3O3. The molecule has 2 aromatic heterocycles. The van der Waals surface area contributed by atoms with Crippen LogP contribution in [0.4, 0.5) is 0 Å². The number of fused-ring (bicyclic) bond motifs is 1. The molecule has 26 heavy (non-hydrogen) atoms. The number of carbonyl (C=O) groups is 1. The van der Waals surface area contributed by atoms with Gasteiger partial charge in [0.05, 0.1) is 7.11 Å². The van der Waals surface area contributed by atoms with Crippen LogP contribution in [0, 0.1) is 0 Å². The van der Waals surface area contributed by atoms with Gasteiger partial charge < -0.3 is 19.2 Å². The Balaban J connectivity index is 1.93. The minimum absolute atomic E-state index is 0.0364. The average Bonchev–Trinajstić information content (AvgIpc) is 3.10. The molecule has 6 nitrogen and oxygen atoms in total. The molecule has 3 aromatic rings. The van der Waals surface area contributed by atoms with E-state index in [2.05, 4.69) is 4.98 Å². The van der Waals surface area contributed by atoms with E-state index in [1.165, 1.54) is 0 Å². The van der Waals surface area contributed by atoms with Gasteiger partial charge in [-0.2, -0.15) is 0 Å². The number of H-pyrrole nitrogens is 1. The van der Waals surface area contributed by atoms with Crippen molar-refractivity contribution in [2.45, 2.75) is 19.9 Å². The highest BCUT2D eigenvalue weighted by molar-refractivity contribution is 6.00. The van der Waals surface area contributed by atoms with E-state index < -0.39 is 0 Å². The molecule has 0 saturated carbocycles. The fraction of sp³-hybridized carbons (Fsp3) is 0.300. The predicted molar refractivity (Wildman–Crippen MR) is 101 cm³/mol. The van der Waals surface area contributed by atoms with Crippen molar-refractivity contribution in [1.29, 1.82) is 0 Å². The highest BCUT2D eigenvalue weighted by Crippen LogP contribution is 2.35. The first-order valence-corrected chi connectivity index (χ1v) is 8.82. The van der Waals surface area contributed by atoms with Gasteiger partial charge in [-0.1, -0.05) is 0 Å². The molecular weight excluding hydrogens is 330 g/mol. The van der Waals surface area contributed by atoms with E-state index in [-0.39, 0.29) is 11.5 Å². The van der Waals surface area contributed by atoms with Crippen molar-refractivity contribution in [1.82, 2.24) is 14.5 Å². The number of aromatic nitrogens is 2. The van der Waals surface area contributed by atoms with Crippen LogP contribution in [-0.2, 0) is 6.54 Å². The summed E-state index contributed by atoms with van der Waals surface area (Å²) >= 11 is 0. The summed E-state index contributed by atoms with van der Waals surface area (Å²) in [7, 11) is 1.61. The Morgan fingerprint density at radius 3 is 2.69 bits per heavy atom. The lowest BCUT2D eigenvalue weighted by Gasteiger charge is -2.31. The first-order chi connectivity index (χ1) is 12.6. The molecule has 1 fully saturated rings. The summed E-state index contributed by atoms with van der Waals surface area (Å²) in [4.78, 5) is 30.0. The van der Waals surface area contributed by atoms with Crippen LogP contribution < -0.4 is 10.3 Å². The molecule has 6 heteroatoms. The van der Waals surface area contributed by atoms with E-state index in [9.17, 15) is 9.59 Å². The summed E-state index contributed by atoms with van der Waals surface area (Å²) in [5, 5.41) is 0.826. The van der Waals surface area contributed by atoms with Crippen LogP contribution in [0.5, 0.6) is 5.75 Å².